The summed E-state index contributed by atoms with van der Waals surface area (Å²) < 4.78 is 5.63. The quantitative estimate of drug-likeness (QED) is 0.649. The van der Waals surface area contributed by atoms with Crippen LogP contribution in [0.25, 0.3) is 0 Å². The van der Waals surface area contributed by atoms with Crippen molar-refractivity contribution >= 4 is 23.1 Å². The Morgan fingerprint density at radius 1 is 1.00 bits per heavy atom. The second-order valence-electron chi connectivity index (χ2n) is 6.50. The predicted octanol–water partition coefficient (Wildman–Crippen LogP) is 4.67. The van der Waals surface area contributed by atoms with Crippen LogP contribution in [0.2, 0.25) is 0 Å². The Balaban J connectivity index is 1.68. The monoisotopic (exact) mass is 376 g/mol. The minimum absolute atomic E-state index is 0.133. The van der Waals surface area contributed by atoms with Gasteiger partial charge in [-0.25, -0.2) is 0 Å². The summed E-state index contributed by atoms with van der Waals surface area (Å²) in [5.41, 5.74) is 2.00. The first-order chi connectivity index (χ1) is 13.6. The summed E-state index contributed by atoms with van der Waals surface area (Å²) in [5.74, 6) is 1.20. The van der Waals surface area contributed by atoms with Gasteiger partial charge in [0.1, 0.15) is 5.75 Å². The molecule has 0 aliphatic heterocycles. The van der Waals surface area contributed by atoms with Gasteiger partial charge in [-0.15, -0.1) is 10.2 Å². The van der Waals surface area contributed by atoms with Gasteiger partial charge in [-0.05, 0) is 69.3 Å². The highest BCUT2D eigenvalue weighted by Crippen LogP contribution is 2.20. The number of hydrogen-bond acceptors (Lipinski definition) is 5. The first-order valence-electron chi connectivity index (χ1n) is 9.31. The lowest BCUT2D eigenvalue weighted by Gasteiger charge is -2.20. The number of nitrogens with one attached hydrogen (secondary N) is 1. The summed E-state index contributed by atoms with van der Waals surface area (Å²) in [5, 5.41) is 11.4. The fourth-order valence-corrected chi connectivity index (χ4v) is 2.74. The largest absolute Gasteiger partial charge is 0.491 e. The molecule has 0 aliphatic rings. The first-order valence-corrected chi connectivity index (χ1v) is 9.31. The smallest absolute Gasteiger partial charge is 0.278 e. The van der Waals surface area contributed by atoms with Crippen molar-refractivity contribution in [2.24, 2.45) is 0 Å². The van der Waals surface area contributed by atoms with Crippen LogP contribution >= 0.6 is 0 Å². The van der Waals surface area contributed by atoms with E-state index in [-0.39, 0.29) is 12.0 Å². The highest BCUT2D eigenvalue weighted by Gasteiger charge is 2.17. The normalized spacial score (nSPS) is 10.6. The molecule has 0 unspecified atom stereocenters. The van der Waals surface area contributed by atoms with E-state index in [1.54, 1.807) is 17.0 Å². The van der Waals surface area contributed by atoms with Crippen LogP contribution in [0.15, 0.2) is 66.7 Å². The van der Waals surface area contributed by atoms with E-state index in [0.717, 1.165) is 17.1 Å². The molecule has 3 rings (SSSR count). The van der Waals surface area contributed by atoms with Gasteiger partial charge in [0.15, 0.2) is 11.5 Å². The standard InChI is InChI=1S/C22H24N4O2/c1-4-26(18-8-6-5-7-9-18)22(27)20-14-15-21(25-24-20)23-17-10-12-19(13-11-17)28-16(2)3/h5-16H,4H2,1-3H3,(H,23,25). The lowest BCUT2D eigenvalue weighted by molar-refractivity contribution is 0.0982. The van der Waals surface area contributed by atoms with Gasteiger partial charge in [0.05, 0.1) is 6.10 Å². The highest BCUT2D eigenvalue weighted by atomic mass is 16.5. The molecule has 0 aliphatic carbocycles. The molecular weight excluding hydrogens is 352 g/mol. The number of benzene rings is 2. The number of hydrogen-bond donors (Lipinski definition) is 1. The number of aromatic nitrogens is 2. The van der Waals surface area contributed by atoms with Crippen molar-refractivity contribution in [2.45, 2.75) is 26.9 Å². The average Bonchev–Trinajstić information content (AvgIpc) is 2.71. The Labute approximate surface area is 165 Å². The minimum Gasteiger partial charge on any atom is -0.491 e. The van der Waals surface area contributed by atoms with Crippen molar-refractivity contribution in [1.29, 1.82) is 0 Å². The predicted molar refractivity (Wildman–Crippen MR) is 111 cm³/mol. The van der Waals surface area contributed by atoms with Crippen LogP contribution in [0.4, 0.5) is 17.2 Å². The molecule has 3 aromatic rings. The Morgan fingerprint density at radius 3 is 2.29 bits per heavy atom. The Kier molecular flexibility index (Phi) is 6.22. The zero-order valence-electron chi connectivity index (χ0n) is 16.3. The SMILES string of the molecule is CCN(C(=O)c1ccc(Nc2ccc(OC(C)C)cc2)nn1)c1ccccc1. The Hall–Kier alpha value is -3.41. The number of amides is 1. The zero-order chi connectivity index (χ0) is 19.9. The molecule has 0 bridgehead atoms. The number of anilines is 3. The van der Waals surface area contributed by atoms with Crippen molar-refractivity contribution < 1.29 is 9.53 Å². The zero-order valence-corrected chi connectivity index (χ0v) is 16.3. The molecule has 2 aromatic carbocycles. The van der Waals surface area contributed by atoms with Crippen LogP contribution in [0.3, 0.4) is 0 Å². The second kappa shape index (κ2) is 8.99. The lowest BCUT2D eigenvalue weighted by Crippen LogP contribution is -2.31. The van der Waals surface area contributed by atoms with Crippen molar-refractivity contribution in [3.8, 4) is 5.75 Å². The van der Waals surface area contributed by atoms with Gasteiger partial charge < -0.3 is 15.0 Å². The molecule has 0 fully saturated rings. The van der Waals surface area contributed by atoms with Crippen LogP contribution < -0.4 is 15.0 Å². The van der Waals surface area contributed by atoms with Crippen LogP contribution in [-0.2, 0) is 0 Å². The Bertz CT molecular complexity index is 894. The summed E-state index contributed by atoms with van der Waals surface area (Å²) in [6.07, 6.45) is 0.133. The molecule has 1 heterocycles. The molecule has 6 nitrogen and oxygen atoms in total. The third kappa shape index (κ3) is 4.85. The summed E-state index contributed by atoms with van der Waals surface area (Å²) in [6.45, 7) is 6.46. The number of nitrogens with zero attached hydrogens (tertiary/aromatic N) is 3. The van der Waals surface area contributed by atoms with Crippen molar-refractivity contribution in [2.75, 3.05) is 16.8 Å². The van der Waals surface area contributed by atoms with Crippen molar-refractivity contribution in [1.82, 2.24) is 10.2 Å². The van der Waals surface area contributed by atoms with E-state index in [0.29, 0.717) is 18.1 Å². The van der Waals surface area contributed by atoms with E-state index in [1.807, 2.05) is 75.4 Å². The van der Waals surface area contributed by atoms with Gasteiger partial charge in [-0.3, -0.25) is 4.79 Å². The minimum atomic E-state index is -0.178. The van der Waals surface area contributed by atoms with Crippen molar-refractivity contribution in [3.05, 3.63) is 72.4 Å². The van der Waals surface area contributed by atoms with Gasteiger partial charge >= 0.3 is 0 Å². The van der Waals surface area contributed by atoms with Gasteiger partial charge in [-0.2, -0.15) is 0 Å². The molecule has 28 heavy (non-hydrogen) atoms. The van der Waals surface area contributed by atoms with Gasteiger partial charge in [-0.1, -0.05) is 18.2 Å². The highest BCUT2D eigenvalue weighted by molar-refractivity contribution is 6.04. The maximum absolute atomic E-state index is 12.8. The summed E-state index contributed by atoms with van der Waals surface area (Å²) in [4.78, 5) is 14.4. The van der Waals surface area contributed by atoms with Gasteiger partial charge in [0.25, 0.3) is 5.91 Å². The summed E-state index contributed by atoms with van der Waals surface area (Å²) in [6, 6.07) is 20.6. The number of carbonyl (C=O) groups is 1. The molecular formula is C22H24N4O2. The number of para-hydroxylation sites is 1. The number of ether oxygens (including phenoxy) is 1. The molecule has 1 aromatic heterocycles. The van der Waals surface area contributed by atoms with E-state index in [1.165, 1.54) is 0 Å². The van der Waals surface area contributed by atoms with E-state index in [2.05, 4.69) is 15.5 Å². The van der Waals surface area contributed by atoms with E-state index >= 15 is 0 Å². The molecule has 1 N–H and O–H groups in total. The molecule has 0 saturated carbocycles. The summed E-state index contributed by atoms with van der Waals surface area (Å²) >= 11 is 0. The fraction of sp³-hybridized carbons (Fsp3) is 0.227. The number of carbonyl (C=O) groups excluding carboxylic acids is 1. The fourth-order valence-electron chi connectivity index (χ4n) is 2.74. The number of rotatable bonds is 7. The van der Waals surface area contributed by atoms with E-state index < -0.39 is 0 Å². The molecule has 144 valence electrons. The molecule has 1 amide bonds. The summed E-state index contributed by atoms with van der Waals surface area (Å²) in [7, 11) is 0. The van der Waals surface area contributed by atoms with Gasteiger partial charge in [0.2, 0.25) is 0 Å². The average molecular weight is 376 g/mol. The van der Waals surface area contributed by atoms with E-state index in [9.17, 15) is 4.79 Å². The molecule has 0 radical (unpaired) electrons. The Morgan fingerprint density at radius 2 is 1.71 bits per heavy atom. The van der Waals surface area contributed by atoms with Crippen LogP contribution in [-0.4, -0.2) is 28.8 Å². The maximum Gasteiger partial charge on any atom is 0.278 e. The molecule has 0 atom stereocenters. The topological polar surface area (TPSA) is 67.4 Å². The first kappa shape index (κ1) is 19.4. The maximum atomic E-state index is 12.8. The van der Waals surface area contributed by atoms with Crippen LogP contribution in [0, 0.1) is 0 Å². The molecule has 0 spiro atoms. The van der Waals surface area contributed by atoms with Crippen LogP contribution in [0.1, 0.15) is 31.3 Å². The molecule has 6 heteroatoms. The lowest BCUT2D eigenvalue weighted by atomic mass is 10.2. The van der Waals surface area contributed by atoms with Gasteiger partial charge in [0, 0.05) is 17.9 Å². The molecule has 0 saturated heterocycles. The third-order valence-electron chi connectivity index (χ3n) is 4.01. The van der Waals surface area contributed by atoms with Crippen molar-refractivity contribution in [3.63, 3.8) is 0 Å². The van der Waals surface area contributed by atoms with Crippen LogP contribution in [0.5, 0.6) is 5.75 Å². The third-order valence-corrected chi connectivity index (χ3v) is 4.01. The van der Waals surface area contributed by atoms with E-state index in [4.69, 9.17) is 4.74 Å². The second-order valence-corrected chi connectivity index (χ2v) is 6.50.